The topological polar surface area (TPSA) is 20.2 Å². The minimum atomic E-state index is 0.372. The van der Waals surface area contributed by atoms with Crippen molar-refractivity contribution < 1.29 is 5.11 Å². The van der Waals surface area contributed by atoms with Gasteiger partial charge >= 0.3 is 0 Å². The van der Waals surface area contributed by atoms with E-state index in [1.165, 1.54) is 17.5 Å². The summed E-state index contributed by atoms with van der Waals surface area (Å²) in [6.07, 6.45) is 10.4. The second-order valence-corrected chi connectivity index (χ2v) is 6.61. The Morgan fingerprint density at radius 2 is 1.57 bits per heavy atom. The van der Waals surface area contributed by atoms with E-state index in [2.05, 4.69) is 54.6 Å². The molecule has 0 heterocycles. The number of phenols is 1. The molecule has 3 unspecified atom stereocenters. The molecule has 0 amide bonds. The molecule has 2 aromatic carbocycles. The molecule has 1 saturated carbocycles. The van der Waals surface area contributed by atoms with Crippen LogP contribution in [0.25, 0.3) is 0 Å². The van der Waals surface area contributed by atoms with Gasteiger partial charge in [-0.15, -0.1) is 0 Å². The number of aromatic hydroxyl groups is 1. The van der Waals surface area contributed by atoms with Crippen LogP contribution in [0.15, 0.2) is 78.4 Å². The summed E-state index contributed by atoms with van der Waals surface area (Å²) in [6, 6.07) is 18.7. The number of rotatable bonds is 3. The van der Waals surface area contributed by atoms with E-state index in [9.17, 15) is 5.11 Å². The molecule has 0 bridgehead atoms. The Labute approximate surface area is 138 Å². The van der Waals surface area contributed by atoms with Crippen molar-refractivity contribution >= 4 is 0 Å². The molecule has 116 valence electrons. The molecule has 0 aromatic heterocycles. The van der Waals surface area contributed by atoms with Crippen molar-refractivity contribution in [3.8, 4) is 5.75 Å². The number of phenolic OH excluding ortho intramolecular Hbond substituents is 1. The summed E-state index contributed by atoms with van der Waals surface area (Å²) in [4.78, 5) is 0. The molecular formula is C22H22O. The van der Waals surface area contributed by atoms with Crippen molar-refractivity contribution in [2.75, 3.05) is 0 Å². The Morgan fingerprint density at radius 3 is 2.39 bits per heavy atom. The van der Waals surface area contributed by atoms with Crippen LogP contribution >= 0.6 is 0 Å². The van der Waals surface area contributed by atoms with Gasteiger partial charge in [-0.05, 0) is 60.3 Å². The number of allylic oxidation sites excluding steroid dienone is 4. The van der Waals surface area contributed by atoms with Gasteiger partial charge in [-0.2, -0.15) is 0 Å². The normalized spacial score (nSPS) is 26.4. The zero-order valence-corrected chi connectivity index (χ0v) is 13.2. The molecule has 0 spiro atoms. The van der Waals surface area contributed by atoms with E-state index < -0.39 is 0 Å². The second kappa shape index (κ2) is 6.08. The van der Waals surface area contributed by atoms with Gasteiger partial charge in [0.05, 0.1) is 0 Å². The van der Waals surface area contributed by atoms with E-state index in [1.807, 2.05) is 12.1 Å². The Hall–Kier alpha value is -2.28. The molecule has 0 radical (unpaired) electrons. The van der Waals surface area contributed by atoms with Crippen molar-refractivity contribution in [2.24, 2.45) is 5.92 Å². The Kier molecular flexibility index (Phi) is 3.78. The fourth-order valence-corrected chi connectivity index (χ4v) is 4.10. The lowest BCUT2D eigenvalue weighted by Gasteiger charge is -2.05. The summed E-state index contributed by atoms with van der Waals surface area (Å²) < 4.78 is 0. The maximum atomic E-state index is 9.86. The van der Waals surface area contributed by atoms with Crippen molar-refractivity contribution in [3.05, 3.63) is 89.5 Å². The summed E-state index contributed by atoms with van der Waals surface area (Å²) in [7, 11) is 0. The Balaban J connectivity index is 1.69. The first kappa shape index (κ1) is 14.3. The van der Waals surface area contributed by atoms with Crippen molar-refractivity contribution in [3.63, 3.8) is 0 Å². The van der Waals surface area contributed by atoms with Crippen LogP contribution < -0.4 is 0 Å². The summed E-state index contributed by atoms with van der Waals surface area (Å²) in [5, 5.41) is 9.86. The lowest BCUT2D eigenvalue weighted by molar-refractivity contribution is 0.474. The van der Waals surface area contributed by atoms with Crippen LogP contribution in [0, 0.1) is 5.92 Å². The van der Waals surface area contributed by atoms with E-state index in [4.69, 9.17) is 0 Å². The van der Waals surface area contributed by atoms with E-state index >= 15 is 0 Å². The van der Waals surface area contributed by atoms with Crippen LogP contribution in [0.4, 0.5) is 0 Å². The van der Waals surface area contributed by atoms with Gasteiger partial charge in [-0.1, -0.05) is 66.3 Å². The van der Waals surface area contributed by atoms with Crippen LogP contribution in [-0.2, 0) is 0 Å². The molecule has 2 aromatic rings. The quantitative estimate of drug-likeness (QED) is 0.736. The molecule has 0 saturated heterocycles. The molecule has 2 aliphatic rings. The first-order valence-corrected chi connectivity index (χ1v) is 8.52. The monoisotopic (exact) mass is 302 g/mol. The molecule has 23 heavy (non-hydrogen) atoms. The molecule has 1 heteroatoms. The van der Waals surface area contributed by atoms with Crippen LogP contribution in [0.3, 0.4) is 0 Å². The predicted molar refractivity (Wildman–Crippen MR) is 94.6 cm³/mol. The smallest absolute Gasteiger partial charge is 0.115 e. The van der Waals surface area contributed by atoms with Gasteiger partial charge in [0.15, 0.2) is 0 Å². The van der Waals surface area contributed by atoms with Crippen molar-refractivity contribution in [1.29, 1.82) is 0 Å². The van der Waals surface area contributed by atoms with Gasteiger partial charge in [0.2, 0.25) is 0 Å². The Morgan fingerprint density at radius 1 is 0.783 bits per heavy atom. The number of hydrogen-bond donors (Lipinski definition) is 1. The zero-order chi connectivity index (χ0) is 15.6. The lowest BCUT2D eigenvalue weighted by atomic mass is 10.0. The third-order valence-electron chi connectivity index (χ3n) is 5.17. The summed E-state index contributed by atoms with van der Waals surface area (Å²) in [5.41, 5.74) is 4.28. The van der Waals surface area contributed by atoms with Crippen molar-refractivity contribution in [1.82, 2.24) is 0 Å². The highest BCUT2D eigenvalue weighted by atomic mass is 16.3. The average molecular weight is 302 g/mol. The van der Waals surface area contributed by atoms with E-state index in [-0.39, 0.29) is 0 Å². The number of hydrogen-bond acceptors (Lipinski definition) is 1. The predicted octanol–water partition coefficient (Wildman–Crippen LogP) is 5.56. The zero-order valence-electron chi connectivity index (χ0n) is 13.2. The highest BCUT2D eigenvalue weighted by molar-refractivity contribution is 5.46. The van der Waals surface area contributed by atoms with Gasteiger partial charge in [0, 0.05) is 0 Å². The van der Waals surface area contributed by atoms with Crippen LogP contribution in [-0.4, -0.2) is 5.11 Å². The number of benzene rings is 2. The second-order valence-electron chi connectivity index (χ2n) is 6.61. The van der Waals surface area contributed by atoms with Crippen molar-refractivity contribution in [2.45, 2.75) is 31.1 Å². The maximum absolute atomic E-state index is 9.86. The van der Waals surface area contributed by atoms with Gasteiger partial charge in [-0.3, -0.25) is 0 Å². The van der Waals surface area contributed by atoms with E-state index in [1.54, 1.807) is 11.6 Å². The molecule has 0 aliphatic heterocycles. The minimum absolute atomic E-state index is 0.372. The fraction of sp³-hybridized carbons (Fsp3) is 0.273. The van der Waals surface area contributed by atoms with E-state index in [0.717, 1.165) is 12.8 Å². The average Bonchev–Trinajstić information content (AvgIpc) is 3.35. The SMILES string of the molecule is Oc1cccc(C2C(C3=CCC=CCC3)C2c2ccccc2)c1. The summed E-state index contributed by atoms with van der Waals surface area (Å²) in [5.74, 6) is 1.99. The summed E-state index contributed by atoms with van der Waals surface area (Å²) >= 11 is 0. The third kappa shape index (κ3) is 2.84. The van der Waals surface area contributed by atoms with Crippen LogP contribution in [0.1, 0.15) is 42.2 Å². The molecular weight excluding hydrogens is 280 g/mol. The first-order valence-electron chi connectivity index (χ1n) is 8.52. The molecule has 4 rings (SSSR count). The largest absolute Gasteiger partial charge is 0.508 e. The van der Waals surface area contributed by atoms with Gasteiger partial charge in [-0.25, -0.2) is 0 Å². The van der Waals surface area contributed by atoms with Crippen LogP contribution in [0.2, 0.25) is 0 Å². The van der Waals surface area contributed by atoms with Gasteiger partial charge in [0.25, 0.3) is 0 Å². The first-order chi connectivity index (χ1) is 11.3. The molecule has 3 atom stereocenters. The minimum Gasteiger partial charge on any atom is -0.508 e. The maximum Gasteiger partial charge on any atom is 0.115 e. The highest BCUT2D eigenvalue weighted by Gasteiger charge is 2.52. The molecule has 1 fully saturated rings. The highest BCUT2D eigenvalue weighted by Crippen LogP contribution is 2.64. The fourth-order valence-electron chi connectivity index (χ4n) is 4.10. The molecule has 1 nitrogen and oxygen atoms in total. The van der Waals surface area contributed by atoms with Crippen LogP contribution in [0.5, 0.6) is 5.75 Å². The molecule has 2 aliphatic carbocycles. The van der Waals surface area contributed by atoms with Gasteiger partial charge < -0.3 is 5.11 Å². The lowest BCUT2D eigenvalue weighted by Crippen LogP contribution is -1.90. The Bertz CT molecular complexity index is 742. The molecule has 1 N–H and O–H groups in total. The third-order valence-corrected chi connectivity index (χ3v) is 5.17. The summed E-state index contributed by atoms with van der Waals surface area (Å²) in [6.45, 7) is 0. The van der Waals surface area contributed by atoms with E-state index in [0.29, 0.717) is 23.5 Å². The standard InChI is InChI=1S/C22H22O/c23-19-14-8-13-18(15-19)22-20(16-9-4-1-2-5-10-16)21(22)17-11-6-3-7-12-17/h1-3,6-9,11-15,20-23H,4-5,10H2. The van der Waals surface area contributed by atoms with Gasteiger partial charge in [0.1, 0.15) is 5.75 Å².